The van der Waals surface area contributed by atoms with Gasteiger partial charge in [0.15, 0.2) is 15.7 Å². The van der Waals surface area contributed by atoms with Gasteiger partial charge in [0, 0.05) is 25.2 Å². The minimum absolute atomic E-state index is 0.254. The summed E-state index contributed by atoms with van der Waals surface area (Å²) in [5.74, 6) is 1.28. The molecule has 0 fully saturated rings. The van der Waals surface area contributed by atoms with Gasteiger partial charge in [-0.15, -0.1) is 10.2 Å². The topological polar surface area (TPSA) is 89.2 Å². The fourth-order valence-electron chi connectivity index (χ4n) is 1.49. The monoisotopic (exact) mass is 283 g/mol. The van der Waals surface area contributed by atoms with Crippen LogP contribution in [0.4, 0.5) is 5.82 Å². The molecule has 104 valence electrons. The Morgan fingerprint density at radius 1 is 1.37 bits per heavy atom. The maximum atomic E-state index is 11.6. The van der Waals surface area contributed by atoms with E-state index in [0.717, 1.165) is 5.82 Å². The second kappa shape index (κ2) is 4.44. The summed E-state index contributed by atoms with van der Waals surface area (Å²) >= 11 is 0. The minimum Gasteiger partial charge on any atom is -0.365 e. The standard InChI is InChI=1S/C11H17N5O2S/c1-8-14-15-10-9(12-5-6-16(8)10)13-7-11(2,3)19(4,17)18/h5-6H,7H2,1-4H3,(H,12,13). The lowest BCUT2D eigenvalue weighted by Crippen LogP contribution is -2.38. The predicted molar refractivity (Wildman–Crippen MR) is 72.9 cm³/mol. The van der Waals surface area contributed by atoms with Gasteiger partial charge in [-0.3, -0.25) is 4.40 Å². The van der Waals surface area contributed by atoms with Gasteiger partial charge in [-0.25, -0.2) is 13.4 Å². The van der Waals surface area contributed by atoms with E-state index in [1.54, 1.807) is 30.6 Å². The van der Waals surface area contributed by atoms with Gasteiger partial charge in [-0.05, 0) is 20.8 Å². The van der Waals surface area contributed by atoms with Crippen LogP contribution in [0.25, 0.3) is 5.65 Å². The third-order valence-corrected chi connectivity index (χ3v) is 5.33. The van der Waals surface area contributed by atoms with Crippen LogP contribution in [0.3, 0.4) is 0 Å². The molecule has 19 heavy (non-hydrogen) atoms. The van der Waals surface area contributed by atoms with Crippen LogP contribution in [-0.2, 0) is 9.84 Å². The number of rotatable bonds is 4. The van der Waals surface area contributed by atoms with E-state index < -0.39 is 14.6 Å². The first kappa shape index (κ1) is 13.7. The Bertz CT molecular complexity index is 705. The molecule has 0 amide bonds. The van der Waals surface area contributed by atoms with Gasteiger partial charge in [0.1, 0.15) is 5.82 Å². The van der Waals surface area contributed by atoms with Gasteiger partial charge < -0.3 is 5.32 Å². The summed E-state index contributed by atoms with van der Waals surface area (Å²) in [6, 6.07) is 0. The van der Waals surface area contributed by atoms with Crippen molar-refractivity contribution in [2.24, 2.45) is 0 Å². The third-order valence-electron chi connectivity index (χ3n) is 3.18. The largest absolute Gasteiger partial charge is 0.365 e. The smallest absolute Gasteiger partial charge is 0.203 e. The number of hydrogen-bond donors (Lipinski definition) is 1. The Hall–Kier alpha value is -1.70. The molecule has 0 unspecified atom stereocenters. The lowest BCUT2D eigenvalue weighted by atomic mass is 10.2. The van der Waals surface area contributed by atoms with E-state index in [2.05, 4.69) is 20.5 Å². The number of fused-ring (bicyclic) bond motifs is 1. The zero-order valence-electron chi connectivity index (χ0n) is 11.4. The van der Waals surface area contributed by atoms with Crippen LogP contribution in [0.5, 0.6) is 0 Å². The summed E-state index contributed by atoms with van der Waals surface area (Å²) in [4.78, 5) is 4.18. The van der Waals surface area contributed by atoms with Gasteiger partial charge >= 0.3 is 0 Å². The van der Waals surface area contributed by atoms with E-state index in [1.165, 1.54) is 6.26 Å². The lowest BCUT2D eigenvalue weighted by molar-refractivity contribution is 0.559. The lowest BCUT2D eigenvalue weighted by Gasteiger charge is -2.22. The zero-order valence-corrected chi connectivity index (χ0v) is 12.2. The molecule has 0 saturated carbocycles. The van der Waals surface area contributed by atoms with E-state index >= 15 is 0 Å². The van der Waals surface area contributed by atoms with Gasteiger partial charge in [-0.1, -0.05) is 0 Å². The van der Waals surface area contributed by atoms with Crippen molar-refractivity contribution in [3.63, 3.8) is 0 Å². The molecule has 7 nitrogen and oxygen atoms in total. The van der Waals surface area contributed by atoms with Crippen LogP contribution in [0.15, 0.2) is 12.4 Å². The average molecular weight is 283 g/mol. The second-order valence-corrected chi connectivity index (χ2v) is 7.75. The molecule has 0 aliphatic heterocycles. The molecular weight excluding hydrogens is 266 g/mol. The molecule has 8 heteroatoms. The highest BCUT2D eigenvalue weighted by molar-refractivity contribution is 7.92. The van der Waals surface area contributed by atoms with Crippen molar-refractivity contribution < 1.29 is 8.42 Å². The Balaban J connectivity index is 2.28. The molecule has 0 saturated heterocycles. The summed E-state index contributed by atoms with van der Waals surface area (Å²) in [6.07, 6.45) is 4.61. The van der Waals surface area contributed by atoms with Crippen molar-refractivity contribution in [2.45, 2.75) is 25.5 Å². The van der Waals surface area contributed by atoms with Gasteiger partial charge in [-0.2, -0.15) is 0 Å². The molecule has 0 aliphatic carbocycles. The van der Waals surface area contributed by atoms with E-state index in [9.17, 15) is 8.42 Å². The summed E-state index contributed by atoms with van der Waals surface area (Å²) in [6.45, 7) is 5.43. The highest BCUT2D eigenvalue weighted by atomic mass is 32.2. The molecule has 2 rings (SSSR count). The summed E-state index contributed by atoms with van der Waals surface area (Å²) in [5, 5.41) is 11.0. The molecule has 1 N–H and O–H groups in total. The van der Waals surface area contributed by atoms with Crippen molar-refractivity contribution in [3.8, 4) is 0 Å². The maximum absolute atomic E-state index is 11.6. The number of hydrogen-bond acceptors (Lipinski definition) is 6. The summed E-state index contributed by atoms with van der Waals surface area (Å²) < 4.78 is 24.2. The molecule has 0 bridgehead atoms. The summed E-state index contributed by atoms with van der Waals surface area (Å²) in [7, 11) is -3.15. The number of nitrogens with zero attached hydrogens (tertiary/aromatic N) is 4. The van der Waals surface area contributed by atoms with Crippen molar-refractivity contribution in [2.75, 3.05) is 18.1 Å². The van der Waals surface area contributed by atoms with Crippen LogP contribution in [0.1, 0.15) is 19.7 Å². The third kappa shape index (κ3) is 2.53. The molecular formula is C11H17N5O2S. The number of nitrogens with one attached hydrogen (secondary N) is 1. The van der Waals surface area contributed by atoms with E-state index in [-0.39, 0.29) is 6.54 Å². The van der Waals surface area contributed by atoms with E-state index in [0.29, 0.717) is 11.5 Å². The number of sulfone groups is 1. The molecule has 2 aromatic rings. The molecule has 0 radical (unpaired) electrons. The SMILES string of the molecule is Cc1nnc2c(NCC(C)(C)S(C)(=O)=O)nccn12. The van der Waals surface area contributed by atoms with Crippen molar-refractivity contribution in [3.05, 3.63) is 18.2 Å². The highest BCUT2D eigenvalue weighted by Gasteiger charge is 2.30. The van der Waals surface area contributed by atoms with Crippen molar-refractivity contribution >= 4 is 21.3 Å². The Morgan fingerprint density at radius 2 is 2.05 bits per heavy atom. The first-order chi connectivity index (χ1) is 8.72. The molecule has 0 atom stereocenters. The first-order valence-electron chi connectivity index (χ1n) is 5.82. The molecule has 0 spiro atoms. The molecule has 2 aromatic heterocycles. The maximum Gasteiger partial charge on any atom is 0.203 e. The molecule has 2 heterocycles. The number of aromatic nitrogens is 4. The second-order valence-electron chi connectivity index (χ2n) is 5.10. The van der Waals surface area contributed by atoms with Gasteiger partial charge in [0.2, 0.25) is 5.65 Å². The molecule has 0 aliphatic rings. The van der Waals surface area contributed by atoms with E-state index in [4.69, 9.17) is 0 Å². The van der Waals surface area contributed by atoms with Crippen LogP contribution in [0.2, 0.25) is 0 Å². The highest BCUT2D eigenvalue weighted by Crippen LogP contribution is 2.18. The number of aryl methyl sites for hydroxylation is 1. The van der Waals surface area contributed by atoms with Crippen LogP contribution >= 0.6 is 0 Å². The fraction of sp³-hybridized carbons (Fsp3) is 0.545. The normalized spacial score (nSPS) is 12.8. The Kier molecular flexibility index (Phi) is 3.21. The van der Waals surface area contributed by atoms with E-state index in [1.807, 2.05) is 6.92 Å². The summed E-state index contributed by atoms with van der Waals surface area (Å²) in [5.41, 5.74) is 0.587. The fourth-order valence-corrected chi connectivity index (χ4v) is 1.83. The Labute approximate surface area is 112 Å². The van der Waals surface area contributed by atoms with Gasteiger partial charge in [0.05, 0.1) is 4.75 Å². The quantitative estimate of drug-likeness (QED) is 0.887. The minimum atomic E-state index is -3.15. The van der Waals surface area contributed by atoms with Crippen molar-refractivity contribution in [1.29, 1.82) is 0 Å². The number of anilines is 1. The average Bonchev–Trinajstić information content (AvgIpc) is 2.68. The first-order valence-corrected chi connectivity index (χ1v) is 7.71. The predicted octanol–water partition coefficient (Wildman–Crippen LogP) is 0.668. The van der Waals surface area contributed by atoms with Crippen molar-refractivity contribution in [1.82, 2.24) is 19.6 Å². The van der Waals surface area contributed by atoms with Crippen LogP contribution < -0.4 is 5.32 Å². The Morgan fingerprint density at radius 3 is 2.68 bits per heavy atom. The zero-order chi connectivity index (χ0) is 14.3. The van der Waals surface area contributed by atoms with Gasteiger partial charge in [0.25, 0.3) is 0 Å². The van der Waals surface area contributed by atoms with Crippen LogP contribution in [-0.4, -0.2) is 45.5 Å². The van der Waals surface area contributed by atoms with Crippen LogP contribution in [0, 0.1) is 6.92 Å². The molecule has 0 aromatic carbocycles.